The van der Waals surface area contributed by atoms with Crippen LogP contribution in [0.5, 0.6) is 0 Å². The lowest BCUT2D eigenvalue weighted by atomic mass is 9.85. The van der Waals surface area contributed by atoms with E-state index in [9.17, 15) is 9.59 Å². The zero-order valence-corrected chi connectivity index (χ0v) is 11.7. The number of aromatic nitrogens is 1. The Labute approximate surface area is 116 Å². The van der Waals surface area contributed by atoms with Crippen molar-refractivity contribution in [3.8, 4) is 0 Å². The first-order valence-corrected chi connectivity index (χ1v) is 7.46. The van der Waals surface area contributed by atoms with Gasteiger partial charge in [0.05, 0.1) is 11.1 Å². The maximum Gasteiger partial charge on any atom is 0.220 e. The number of anilines is 1. The highest BCUT2D eigenvalue weighted by molar-refractivity contribution is 7.17. The second-order valence-corrected chi connectivity index (χ2v) is 6.28. The number of hydrogen-bond acceptors (Lipinski definition) is 5. The Morgan fingerprint density at radius 2 is 2.37 bits per heavy atom. The molecule has 2 unspecified atom stereocenters. The van der Waals surface area contributed by atoms with E-state index in [2.05, 4.69) is 15.2 Å². The van der Waals surface area contributed by atoms with Crippen molar-refractivity contribution in [2.45, 2.75) is 32.2 Å². The molecule has 5 nitrogen and oxygen atoms in total. The van der Waals surface area contributed by atoms with Gasteiger partial charge in [-0.15, -0.1) is 0 Å². The van der Waals surface area contributed by atoms with Crippen molar-refractivity contribution in [2.75, 3.05) is 18.0 Å². The molecule has 0 aliphatic carbocycles. The number of nitrogens with zero attached hydrogens (tertiary/aromatic N) is 2. The number of nitrogens with one attached hydrogen (secondary N) is 1. The van der Waals surface area contributed by atoms with Crippen molar-refractivity contribution in [1.29, 1.82) is 0 Å². The van der Waals surface area contributed by atoms with Crippen LogP contribution in [0.15, 0.2) is 6.20 Å². The monoisotopic (exact) mass is 279 g/mol. The van der Waals surface area contributed by atoms with Crippen LogP contribution in [0.2, 0.25) is 0 Å². The first kappa shape index (κ1) is 12.6. The molecule has 2 aliphatic heterocycles. The molecule has 102 valence electrons. The minimum absolute atomic E-state index is 0.0727. The van der Waals surface area contributed by atoms with E-state index < -0.39 is 0 Å². The zero-order valence-electron chi connectivity index (χ0n) is 10.9. The number of thiazole rings is 1. The van der Waals surface area contributed by atoms with Crippen molar-refractivity contribution in [2.24, 2.45) is 5.92 Å². The number of amides is 1. The summed E-state index contributed by atoms with van der Waals surface area (Å²) in [6, 6.07) is 0.324. The summed E-state index contributed by atoms with van der Waals surface area (Å²) in [6.07, 6.45) is 4.21. The molecular weight excluding hydrogens is 262 g/mol. The van der Waals surface area contributed by atoms with Gasteiger partial charge in [0.25, 0.3) is 0 Å². The highest BCUT2D eigenvalue weighted by atomic mass is 32.1. The lowest BCUT2D eigenvalue weighted by molar-refractivity contribution is -0.124. The maximum atomic E-state index is 11.4. The van der Waals surface area contributed by atoms with Crippen LogP contribution in [-0.2, 0) is 4.79 Å². The summed E-state index contributed by atoms with van der Waals surface area (Å²) in [7, 11) is 0. The minimum atomic E-state index is 0.0727. The second kappa shape index (κ2) is 4.92. The van der Waals surface area contributed by atoms with Crippen molar-refractivity contribution < 1.29 is 9.59 Å². The van der Waals surface area contributed by atoms with Gasteiger partial charge >= 0.3 is 0 Å². The Balaban J connectivity index is 1.70. The van der Waals surface area contributed by atoms with E-state index in [0.29, 0.717) is 23.3 Å². The molecule has 6 heteroatoms. The molecule has 3 heterocycles. The predicted molar refractivity (Wildman–Crippen MR) is 73.6 cm³/mol. The summed E-state index contributed by atoms with van der Waals surface area (Å²) < 4.78 is 0. The largest absolute Gasteiger partial charge is 0.353 e. The van der Waals surface area contributed by atoms with Gasteiger partial charge in [-0.25, -0.2) is 4.98 Å². The molecule has 0 aromatic carbocycles. The van der Waals surface area contributed by atoms with E-state index in [-0.39, 0.29) is 11.7 Å². The van der Waals surface area contributed by atoms with E-state index >= 15 is 0 Å². The first-order valence-electron chi connectivity index (χ1n) is 6.64. The molecule has 3 rings (SSSR count). The number of rotatable bonds is 2. The highest BCUT2D eigenvalue weighted by Crippen LogP contribution is 2.31. The number of carbonyl (C=O) groups is 2. The molecule has 0 bridgehead atoms. The predicted octanol–water partition coefficient (Wildman–Crippen LogP) is 1.45. The van der Waals surface area contributed by atoms with E-state index in [1.54, 1.807) is 13.1 Å². The number of fused-ring (bicyclic) bond motifs is 1. The first-order chi connectivity index (χ1) is 9.13. The van der Waals surface area contributed by atoms with Crippen LogP contribution in [0, 0.1) is 5.92 Å². The SMILES string of the molecule is CC(=O)c1cnc(N2CCC3NC(=O)CCC3C2)s1. The van der Waals surface area contributed by atoms with Gasteiger partial charge in [0.1, 0.15) is 0 Å². The summed E-state index contributed by atoms with van der Waals surface area (Å²) in [5, 5.41) is 4.01. The smallest absolute Gasteiger partial charge is 0.220 e. The van der Waals surface area contributed by atoms with Crippen LogP contribution in [0.3, 0.4) is 0 Å². The fourth-order valence-electron chi connectivity index (χ4n) is 2.86. The molecule has 1 aromatic rings. The van der Waals surface area contributed by atoms with Gasteiger partial charge in [0.15, 0.2) is 10.9 Å². The molecule has 0 saturated carbocycles. The summed E-state index contributed by atoms with van der Waals surface area (Å²) in [6.45, 7) is 3.39. The van der Waals surface area contributed by atoms with Gasteiger partial charge < -0.3 is 10.2 Å². The molecule has 19 heavy (non-hydrogen) atoms. The van der Waals surface area contributed by atoms with Crippen molar-refractivity contribution in [3.05, 3.63) is 11.1 Å². The lowest BCUT2D eigenvalue weighted by Crippen LogP contribution is -2.54. The highest BCUT2D eigenvalue weighted by Gasteiger charge is 2.34. The van der Waals surface area contributed by atoms with Gasteiger partial charge in [0.2, 0.25) is 5.91 Å². The molecule has 0 radical (unpaired) electrons. The Kier molecular flexibility index (Phi) is 3.26. The Bertz CT molecular complexity index is 514. The van der Waals surface area contributed by atoms with Crippen molar-refractivity contribution >= 4 is 28.2 Å². The van der Waals surface area contributed by atoms with Crippen LogP contribution >= 0.6 is 11.3 Å². The van der Waals surface area contributed by atoms with Crippen LogP contribution in [0.4, 0.5) is 5.13 Å². The van der Waals surface area contributed by atoms with E-state index in [4.69, 9.17) is 0 Å². The van der Waals surface area contributed by atoms with E-state index in [1.807, 2.05) is 0 Å². The molecule has 2 aliphatic rings. The molecular formula is C13H17N3O2S. The normalized spacial score (nSPS) is 26.8. The number of piperidine rings is 2. The average molecular weight is 279 g/mol. The van der Waals surface area contributed by atoms with Crippen LogP contribution < -0.4 is 10.2 Å². The number of carbonyl (C=O) groups excluding carboxylic acids is 2. The Morgan fingerprint density at radius 1 is 1.53 bits per heavy atom. The van der Waals surface area contributed by atoms with Crippen molar-refractivity contribution in [1.82, 2.24) is 10.3 Å². The lowest BCUT2D eigenvalue weighted by Gasteiger charge is -2.41. The van der Waals surface area contributed by atoms with Gasteiger partial charge in [0, 0.05) is 32.5 Å². The summed E-state index contributed by atoms with van der Waals surface area (Å²) in [5.41, 5.74) is 0. The minimum Gasteiger partial charge on any atom is -0.353 e. The molecule has 1 aromatic heterocycles. The van der Waals surface area contributed by atoms with E-state index in [0.717, 1.165) is 31.1 Å². The number of ketones is 1. The second-order valence-electron chi connectivity index (χ2n) is 5.27. The van der Waals surface area contributed by atoms with Gasteiger partial charge in [-0.3, -0.25) is 9.59 Å². The zero-order chi connectivity index (χ0) is 13.4. The molecule has 1 amide bonds. The molecule has 0 spiro atoms. The van der Waals surface area contributed by atoms with E-state index in [1.165, 1.54) is 11.3 Å². The molecule has 2 fully saturated rings. The third-order valence-corrected chi connectivity index (χ3v) is 5.09. The number of hydrogen-bond donors (Lipinski definition) is 1. The Hall–Kier alpha value is -1.43. The van der Waals surface area contributed by atoms with Gasteiger partial charge in [-0.1, -0.05) is 11.3 Å². The van der Waals surface area contributed by atoms with Crippen molar-refractivity contribution in [3.63, 3.8) is 0 Å². The Morgan fingerprint density at radius 3 is 3.11 bits per heavy atom. The fraction of sp³-hybridized carbons (Fsp3) is 0.615. The van der Waals surface area contributed by atoms with Crippen LogP contribution in [-0.4, -0.2) is 35.8 Å². The van der Waals surface area contributed by atoms with Gasteiger partial charge in [-0.05, 0) is 18.8 Å². The average Bonchev–Trinajstić information content (AvgIpc) is 2.88. The third kappa shape index (κ3) is 2.49. The molecule has 1 N–H and O–H groups in total. The molecule has 2 atom stereocenters. The summed E-state index contributed by atoms with van der Waals surface area (Å²) >= 11 is 1.47. The topological polar surface area (TPSA) is 62.3 Å². The summed E-state index contributed by atoms with van der Waals surface area (Å²) in [5.74, 6) is 0.766. The van der Waals surface area contributed by atoms with Crippen LogP contribution in [0.1, 0.15) is 35.9 Å². The number of Topliss-reactive ketones (excluding diaryl/α,β-unsaturated/α-hetero) is 1. The fourth-order valence-corrected chi connectivity index (χ4v) is 3.70. The summed E-state index contributed by atoms with van der Waals surface area (Å²) in [4.78, 5) is 30.0. The maximum absolute atomic E-state index is 11.4. The van der Waals surface area contributed by atoms with Crippen LogP contribution in [0.25, 0.3) is 0 Å². The van der Waals surface area contributed by atoms with Gasteiger partial charge in [-0.2, -0.15) is 0 Å². The quantitative estimate of drug-likeness (QED) is 0.832. The standard InChI is InChI=1S/C13H17N3O2S/c1-8(17)11-6-14-13(19-11)16-5-4-10-9(7-16)2-3-12(18)15-10/h6,9-10H,2-5,7H2,1H3,(H,15,18). The third-order valence-electron chi connectivity index (χ3n) is 3.93. The molecule has 2 saturated heterocycles.